The molecule has 0 radical (unpaired) electrons. The van der Waals surface area contributed by atoms with Crippen LogP contribution in [0.1, 0.15) is 62.0 Å². The fourth-order valence-electron chi connectivity index (χ4n) is 5.07. The molecule has 2 aromatic heterocycles. The number of fused-ring (bicyclic) bond motifs is 1. The second-order valence-electron chi connectivity index (χ2n) is 9.38. The molecule has 2 aromatic rings. The number of aromatic nitrogens is 3. The van der Waals surface area contributed by atoms with Gasteiger partial charge < -0.3 is 20.7 Å². The summed E-state index contributed by atoms with van der Waals surface area (Å²) >= 11 is 0. The van der Waals surface area contributed by atoms with Gasteiger partial charge in [0.15, 0.2) is 0 Å². The Bertz CT molecular complexity index is 1170. The molecular formula is C25H35N7O4. The summed E-state index contributed by atoms with van der Waals surface area (Å²) in [5.74, 6) is 0.357. The van der Waals surface area contributed by atoms with E-state index in [1.54, 1.807) is 16.7 Å². The lowest BCUT2D eigenvalue weighted by molar-refractivity contribution is -0.116. The van der Waals surface area contributed by atoms with Crippen LogP contribution in [0.3, 0.4) is 0 Å². The number of morpholine rings is 1. The van der Waals surface area contributed by atoms with E-state index < -0.39 is 5.66 Å². The number of carbonyl (C=O) groups is 2. The van der Waals surface area contributed by atoms with E-state index in [-0.39, 0.29) is 17.4 Å². The fourth-order valence-corrected chi connectivity index (χ4v) is 5.07. The summed E-state index contributed by atoms with van der Waals surface area (Å²) in [6, 6.07) is 3.26. The van der Waals surface area contributed by atoms with Gasteiger partial charge >= 0.3 is 0 Å². The number of ether oxygens (including phenoxy) is 1. The lowest BCUT2D eigenvalue weighted by Gasteiger charge is -2.31. The fraction of sp³-hybridized carbons (Fsp3) is 0.560. The lowest BCUT2D eigenvalue weighted by Crippen LogP contribution is -2.47. The minimum absolute atomic E-state index is 0.145. The third kappa shape index (κ3) is 5.41. The minimum atomic E-state index is -0.735. The number of pyridine rings is 1. The second kappa shape index (κ2) is 11.2. The molecule has 2 amide bonds. The van der Waals surface area contributed by atoms with Gasteiger partial charge in [-0.15, -0.1) is 0 Å². The van der Waals surface area contributed by atoms with Gasteiger partial charge in [0.05, 0.1) is 13.2 Å². The van der Waals surface area contributed by atoms with Crippen LogP contribution < -0.4 is 21.5 Å². The maximum Gasteiger partial charge on any atom is 0.276 e. The van der Waals surface area contributed by atoms with Gasteiger partial charge in [-0.3, -0.25) is 23.9 Å². The van der Waals surface area contributed by atoms with Gasteiger partial charge in [-0.05, 0) is 31.4 Å². The van der Waals surface area contributed by atoms with Gasteiger partial charge in [-0.1, -0.05) is 26.7 Å². The maximum absolute atomic E-state index is 13.6. The Morgan fingerprint density at radius 2 is 1.81 bits per heavy atom. The molecule has 4 rings (SSSR count). The van der Waals surface area contributed by atoms with Gasteiger partial charge in [0.25, 0.3) is 11.5 Å². The molecule has 1 saturated heterocycles. The average molecular weight is 498 g/mol. The first-order valence-electron chi connectivity index (χ1n) is 12.7. The molecule has 194 valence electrons. The van der Waals surface area contributed by atoms with Crippen LogP contribution in [-0.2, 0) is 15.2 Å². The maximum atomic E-state index is 13.6. The molecule has 2 aliphatic rings. The molecule has 0 aromatic carbocycles. The van der Waals surface area contributed by atoms with Crippen LogP contribution in [0.15, 0.2) is 23.3 Å². The Kier molecular flexibility index (Phi) is 8.00. The van der Waals surface area contributed by atoms with Crippen LogP contribution >= 0.6 is 0 Å². The largest absolute Gasteiger partial charge is 0.379 e. The van der Waals surface area contributed by atoms with Crippen molar-refractivity contribution in [2.24, 2.45) is 0 Å². The normalized spacial score (nSPS) is 16.9. The van der Waals surface area contributed by atoms with Crippen molar-refractivity contribution in [1.29, 1.82) is 0 Å². The third-order valence-electron chi connectivity index (χ3n) is 6.66. The number of carbonyl (C=O) groups excluding carboxylic acids is 2. The van der Waals surface area contributed by atoms with E-state index in [2.05, 4.69) is 30.8 Å². The van der Waals surface area contributed by atoms with E-state index in [1.165, 1.54) is 6.33 Å². The molecular weight excluding hydrogens is 462 g/mol. The van der Waals surface area contributed by atoms with E-state index in [1.807, 2.05) is 20.8 Å². The van der Waals surface area contributed by atoms with E-state index >= 15 is 0 Å². The molecule has 0 bridgehead atoms. The van der Waals surface area contributed by atoms with Crippen LogP contribution in [0.2, 0.25) is 0 Å². The third-order valence-corrected chi connectivity index (χ3v) is 6.66. The standard InChI is InChI=1S/C25H35N7O4/c1-4-7-25(8-5-2)30-23(34)22-17(3)14-18(24(35)32(22)25)28-19-15-20(27-16-26-19)29-21(33)6-9-31-10-12-36-13-11-31/h14-16H,4-13H2,1-3H3,(H,30,34)(H2,26,27,28,29,33). The molecule has 2 aliphatic heterocycles. The molecule has 1 fully saturated rings. The number of aryl methyl sites for hydroxylation is 1. The summed E-state index contributed by atoms with van der Waals surface area (Å²) in [5, 5.41) is 8.97. The molecule has 0 atom stereocenters. The summed E-state index contributed by atoms with van der Waals surface area (Å²) < 4.78 is 6.96. The molecule has 4 heterocycles. The van der Waals surface area contributed by atoms with Crippen molar-refractivity contribution < 1.29 is 14.3 Å². The Morgan fingerprint density at radius 1 is 1.11 bits per heavy atom. The molecule has 0 aliphatic carbocycles. The summed E-state index contributed by atoms with van der Waals surface area (Å²) in [6.45, 7) is 9.58. The van der Waals surface area contributed by atoms with E-state index in [9.17, 15) is 14.4 Å². The van der Waals surface area contributed by atoms with Gasteiger partial charge in [0, 0.05) is 32.1 Å². The molecule has 0 spiro atoms. The second-order valence-corrected chi connectivity index (χ2v) is 9.38. The predicted molar refractivity (Wildman–Crippen MR) is 137 cm³/mol. The summed E-state index contributed by atoms with van der Waals surface area (Å²) in [4.78, 5) is 49.4. The highest BCUT2D eigenvalue weighted by atomic mass is 16.5. The first kappa shape index (κ1) is 25.8. The SMILES string of the molecule is CCCC1(CCC)NC(=O)c2c(C)cc(Nc3cc(NC(=O)CCN4CCOCC4)ncn3)c(=O)n21. The van der Waals surface area contributed by atoms with Crippen LogP contribution in [0.5, 0.6) is 0 Å². The zero-order valence-corrected chi connectivity index (χ0v) is 21.2. The quantitative estimate of drug-likeness (QED) is 0.456. The number of anilines is 3. The van der Waals surface area contributed by atoms with Gasteiger partial charge in [0.1, 0.15) is 35.0 Å². The summed E-state index contributed by atoms with van der Waals surface area (Å²) in [6.07, 6.45) is 4.65. The highest BCUT2D eigenvalue weighted by Gasteiger charge is 2.43. The number of nitrogens with zero attached hydrogens (tertiary/aromatic N) is 4. The van der Waals surface area contributed by atoms with Gasteiger partial charge in [-0.25, -0.2) is 9.97 Å². The topological polar surface area (TPSA) is 130 Å². The first-order chi connectivity index (χ1) is 17.4. The average Bonchev–Trinajstić information content (AvgIpc) is 3.14. The van der Waals surface area contributed by atoms with Crippen molar-refractivity contribution in [1.82, 2.24) is 24.8 Å². The highest BCUT2D eigenvalue weighted by Crippen LogP contribution is 2.33. The van der Waals surface area contributed by atoms with Gasteiger partial charge in [-0.2, -0.15) is 0 Å². The number of hydrogen-bond acceptors (Lipinski definition) is 8. The molecule has 11 nitrogen and oxygen atoms in total. The summed E-state index contributed by atoms with van der Waals surface area (Å²) in [5.41, 5.74) is 0.400. The molecule has 0 unspecified atom stereocenters. The predicted octanol–water partition coefficient (Wildman–Crippen LogP) is 2.35. The van der Waals surface area contributed by atoms with Crippen LogP contribution in [-0.4, -0.2) is 64.1 Å². The Morgan fingerprint density at radius 3 is 2.50 bits per heavy atom. The number of nitrogens with one attached hydrogen (secondary N) is 3. The van der Waals surface area contributed by atoms with Crippen LogP contribution in [0, 0.1) is 6.92 Å². The van der Waals surface area contributed by atoms with Crippen molar-refractivity contribution >= 4 is 29.1 Å². The minimum Gasteiger partial charge on any atom is -0.379 e. The zero-order valence-electron chi connectivity index (χ0n) is 21.2. The molecule has 0 saturated carbocycles. The van der Waals surface area contributed by atoms with Crippen LogP contribution in [0.25, 0.3) is 0 Å². The van der Waals surface area contributed by atoms with E-state index in [0.29, 0.717) is 67.6 Å². The summed E-state index contributed by atoms with van der Waals surface area (Å²) in [7, 11) is 0. The highest BCUT2D eigenvalue weighted by molar-refractivity contribution is 5.97. The monoisotopic (exact) mass is 497 g/mol. The van der Waals surface area contributed by atoms with Crippen molar-refractivity contribution in [3.05, 3.63) is 40.1 Å². The van der Waals surface area contributed by atoms with E-state index in [4.69, 9.17) is 4.74 Å². The Hall–Kier alpha value is -3.31. The number of rotatable bonds is 10. The molecule has 3 N–H and O–H groups in total. The zero-order chi connectivity index (χ0) is 25.7. The molecule has 11 heteroatoms. The molecule has 36 heavy (non-hydrogen) atoms. The van der Waals surface area contributed by atoms with Crippen molar-refractivity contribution in [3.8, 4) is 0 Å². The van der Waals surface area contributed by atoms with Crippen LogP contribution in [0.4, 0.5) is 17.3 Å². The Labute approximate surface area is 210 Å². The first-order valence-corrected chi connectivity index (χ1v) is 12.7. The van der Waals surface area contributed by atoms with E-state index in [0.717, 1.165) is 25.9 Å². The van der Waals surface area contributed by atoms with Crippen molar-refractivity contribution in [2.45, 2.75) is 58.5 Å². The smallest absolute Gasteiger partial charge is 0.276 e. The number of amides is 2. The van der Waals surface area contributed by atoms with Gasteiger partial charge in [0.2, 0.25) is 5.91 Å². The Balaban J connectivity index is 1.52. The van der Waals surface area contributed by atoms with Crippen molar-refractivity contribution in [2.75, 3.05) is 43.5 Å². The van der Waals surface area contributed by atoms with Crippen molar-refractivity contribution in [3.63, 3.8) is 0 Å². The number of hydrogen-bond donors (Lipinski definition) is 3. The lowest BCUT2D eigenvalue weighted by atomic mass is 9.98.